The van der Waals surface area contributed by atoms with E-state index in [1.54, 1.807) is 0 Å². The van der Waals surface area contributed by atoms with Gasteiger partial charge in [-0.3, -0.25) is 4.79 Å². The fourth-order valence-corrected chi connectivity index (χ4v) is 1.17. The van der Waals surface area contributed by atoms with Gasteiger partial charge in [-0.05, 0) is 19.8 Å². The first-order valence-corrected chi connectivity index (χ1v) is 4.27. The number of aliphatic hydroxyl groups is 1. The maximum atomic E-state index is 11.0. The van der Waals surface area contributed by atoms with E-state index in [-0.39, 0.29) is 24.7 Å². The summed E-state index contributed by atoms with van der Waals surface area (Å²) in [5.41, 5.74) is 0. The van der Waals surface area contributed by atoms with Crippen LogP contribution in [-0.2, 0) is 9.53 Å². The molecule has 0 aromatic rings. The lowest BCUT2D eigenvalue weighted by atomic mass is 9.89. The van der Waals surface area contributed by atoms with Crippen molar-refractivity contribution in [3.05, 3.63) is 0 Å². The normalized spacial score (nSPS) is 27.8. The quantitative estimate of drug-likeness (QED) is 0.611. The van der Waals surface area contributed by atoms with Gasteiger partial charge in [0.15, 0.2) is 0 Å². The van der Waals surface area contributed by atoms with Gasteiger partial charge in [-0.15, -0.1) is 0 Å². The van der Waals surface area contributed by atoms with Crippen LogP contribution in [0.3, 0.4) is 0 Å². The Hall–Kier alpha value is -0.610. The molecule has 1 rings (SSSR count). The molecule has 0 radical (unpaired) electrons. The minimum atomic E-state index is -0.220. The fraction of sp³-hybridized carbons (Fsp3) is 0.875. The topological polar surface area (TPSA) is 58.6 Å². The third-order valence-electron chi connectivity index (χ3n) is 1.92. The van der Waals surface area contributed by atoms with Crippen molar-refractivity contribution in [1.29, 1.82) is 0 Å². The summed E-state index contributed by atoms with van der Waals surface area (Å²) in [5.74, 6) is -0.0891. The van der Waals surface area contributed by atoms with E-state index in [2.05, 4.69) is 5.32 Å². The number of amides is 1. The Morgan fingerprint density at radius 3 is 2.83 bits per heavy atom. The highest BCUT2D eigenvalue weighted by molar-refractivity contribution is 5.77. The molecule has 0 spiro atoms. The maximum Gasteiger partial charge on any atom is 0.246 e. The SMILES string of the molecule is CCOCC(=O)NC1CC(O)C1. The summed E-state index contributed by atoms with van der Waals surface area (Å²) >= 11 is 0. The van der Waals surface area contributed by atoms with E-state index < -0.39 is 0 Å². The highest BCUT2D eigenvalue weighted by Gasteiger charge is 2.27. The van der Waals surface area contributed by atoms with E-state index in [9.17, 15) is 4.79 Å². The van der Waals surface area contributed by atoms with Crippen LogP contribution < -0.4 is 5.32 Å². The average Bonchev–Trinajstić information content (AvgIpc) is 1.98. The molecule has 1 aliphatic rings. The Labute approximate surface area is 71.9 Å². The molecule has 0 atom stereocenters. The van der Waals surface area contributed by atoms with Crippen LogP contribution in [0.2, 0.25) is 0 Å². The number of aliphatic hydroxyl groups excluding tert-OH is 1. The van der Waals surface area contributed by atoms with Crippen molar-refractivity contribution < 1.29 is 14.6 Å². The second kappa shape index (κ2) is 4.42. The van der Waals surface area contributed by atoms with Crippen molar-refractivity contribution in [2.24, 2.45) is 0 Å². The van der Waals surface area contributed by atoms with Crippen LogP contribution in [0.4, 0.5) is 0 Å². The number of hydrogen-bond acceptors (Lipinski definition) is 3. The summed E-state index contributed by atoms with van der Waals surface area (Å²) in [4.78, 5) is 11.0. The van der Waals surface area contributed by atoms with Gasteiger partial charge in [-0.2, -0.15) is 0 Å². The molecular formula is C8H15NO3. The molecule has 4 heteroatoms. The number of ether oxygens (including phenoxy) is 1. The summed E-state index contributed by atoms with van der Waals surface area (Å²) in [5, 5.41) is 11.7. The van der Waals surface area contributed by atoms with Gasteiger partial charge in [0, 0.05) is 12.6 Å². The van der Waals surface area contributed by atoms with E-state index in [0.29, 0.717) is 19.4 Å². The zero-order valence-electron chi connectivity index (χ0n) is 7.25. The van der Waals surface area contributed by atoms with Crippen LogP contribution in [0.15, 0.2) is 0 Å². The summed E-state index contributed by atoms with van der Waals surface area (Å²) in [6.45, 7) is 2.53. The smallest absolute Gasteiger partial charge is 0.246 e. The predicted molar refractivity (Wildman–Crippen MR) is 43.7 cm³/mol. The lowest BCUT2D eigenvalue weighted by molar-refractivity contribution is -0.127. The standard InChI is InChI=1S/C8H15NO3/c1-2-12-5-8(11)9-6-3-7(10)4-6/h6-7,10H,2-5H2,1H3,(H,9,11). The first-order valence-electron chi connectivity index (χ1n) is 4.27. The second-order valence-corrected chi connectivity index (χ2v) is 3.03. The molecule has 0 aromatic heterocycles. The Morgan fingerprint density at radius 2 is 2.33 bits per heavy atom. The predicted octanol–water partition coefficient (Wildman–Crippen LogP) is -0.338. The number of carbonyl (C=O) groups excluding carboxylic acids is 1. The largest absolute Gasteiger partial charge is 0.393 e. The summed E-state index contributed by atoms with van der Waals surface area (Å²) < 4.78 is 4.92. The summed E-state index contributed by atoms with van der Waals surface area (Å²) in [6, 6.07) is 0.160. The Morgan fingerprint density at radius 1 is 1.67 bits per heavy atom. The third-order valence-corrected chi connectivity index (χ3v) is 1.92. The van der Waals surface area contributed by atoms with Gasteiger partial charge in [0.2, 0.25) is 5.91 Å². The minimum Gasteiger partial charge on any atom is -0.393 e. The van der Waals surface area contributed by atoms with Crippen LogP contribution in [0.1, 0.15) is 19.8 Å². The molecule has 1 saturated carbocycles. The van der Waals surface area contributed by atoms with Gasteiger partial charge in [0.25, 0.3) is 0 Å². The molecule has 1 fully saturated rings. The number of nitrogens with one attached hydrogen (secondary N) is 1. The van der Waals surface area contributed by atoms with Gasteiger partial charge < -0.3 is 15.2 Å². The molecule has 0 aliphatic heterocycles. The molecule has 2 N–H and O–H groups in total. The molecule has 0 heterocycles. The Bertz CT molecular complexity index is 154. The monoisotopic (exact) mass is 173 g/mol. The van der Waals surface area contributed by atoms with Crippen molar-refractivity contribution in [3.8, 4) is 0 Å². The second-order valence-electron chi connectivity index (χ2n) is 3.03. The van der Waals surface area contributed by atoms with E-state index in [4.69, 9.17) is 9.84 Å². The lowest BCUT2D eigenvalue weighted by Gasteiger charge is -2.31. The third kappa shape index (κ3) is 2.79. The molecule has 70 valence electrons. The molecule has 12 heavy (non-hydrogen) atoms. The van der Waals surface area contributed by atoms with E-state index in [1.807, 2.05) is 6.92 Å². The molecule has 0 saturated heterocycles. The van der Waals surface area contributed by atoms with Crippen molar-refractivity contribution in [3.63, 3.8) is 0 Å². The van der Waals surface area contributed by atoms with Crippen LogP contribution in [-0.4, -0.2) is 36.4 Å². The maximum absolute atomic E-state index is 11.0. The van der Waals surface area contributed by atoms with Crippen LogP contribution in [0, 0.1) is 0 Å². The van der Waals surface area contributed by atoms with Gasteiger partial charge in [-0.1, -0.05) is 0 Å². The van der Waals surface area contributed by atoms with Crippen molar-refractivity contribution in [2.75, 3.05) is 13.2 Å². The van der Waals surface area contributed by atoms with Gasteiger partial charge in [0.1, 0.15) is 6.61 Å². The molecule has 1 aliphatic carbocycles. The van der Waals surface area contributed by atoms with Gasteiger partial charge in [0.05, 0.1) is 6.10 Å². The van der Waals surface area contributed by atoms with E-state index >= 15 is 0 Å². The van der Waals surface area contributed by atoms with Crippen LogP contribution >= 0.6 is 0 Å². The molecule has 1 amide bonds. The number of hydrogen-bond donors (Lipinski definition) is 2. The molecule has 0 bridgehead atoms. The minimum absolute atomic E-state index is 0.0891. The first kappa shape index (κ1) is 9.48. The molecule has 0 aromatic carbocycles. The first-order chi connectivity index (χ1) is 5.72. The zero-order chi connectivity index (χ0) is 8.97. The Balaban J connectivity index is 2.03. The van der Waals surface area contributed by atoms with Gasteiger partial charge >= 0.3 is 0 Å². The summed E-state index contributed by atoms with van der Waals surface area (Å²) in [7, 11) is 0. The highest BCUT2D eigenvalue weighted by Crippen LogP contribution is 2.18. The molecule has 4 nitrogen and oxygen atoms in total. The van der Waals surface area contributed by atoms with Crippen molar-refractivity contribution in [1.82, 2.24) is 5.32 Å². The highest BCUT2D eigenvalue weighted by atomic mass is 16.5. The van der Waals surface area contributed by atoms with Crippen LogP contribution in [0.25, 0.3) is 0 Å². The Kier molecular flexibility index (Phi) is 3.49. The summed E-state index contributed by atoms with van der Waals surface area (Å²) in [6.07, 6.45) is 1.14. The van der Waals surface area contributed by atoms with E-state index in [1.165, 1.54) is 0 Å². The van der Waals surface area contributed by atoms with Crippen molar-refractivity contribution in [2.45, 2.75) is 31.9 Å². The van der Waals surface area contributed by atoms with Crippen molar-refractivity contribution >= 4 is 5.91 Å². The van der Waals surface area contributed by atoms with E-state index in [0.717, 1.165) is 0 Å². The lowest BCUT2D eigenvalue weighted by Crippen LogP contribution is -2.47. The molecule has 0 unspecified atom stereocenters. The fourth-order valence-electron chi connectivity index (χ4n) is 1.17. The molecular weight excluding hydrogens is 158 g/mol. The van der Waals surface area contributed by atoms with Gasteiger partial charge in [-0.25, -0.2) is 0 Å². The van der Waals surface area contributed by atoms with Crippen LogP contribution in [0.5, 0.6) is 0 Å². The average molecular weight is 173 g/mol. The number of rotatable bonds is 4. The number of carbonyl (C=O) groups is 1. The zero-order valence-corrected chi connectivity index (χ0v) is 7.25.